The summed E-state index contributed by atoms with van der Waals surface area (Å²) in [5.41, 5.74) is 8.10. The monoisotopic (exact) mass is 349 g/mol. The molecule has 0 fully saturated rings. The molecule has 7 nitrogen and oxygen atoms in total. The molecule has 0 saturated carbocycles. The van der Waals surface area contributed by atoms with E-state index in [9.17, 15) is 4.39 Å². The van der Waals surface area contributed by atoms with E-state index < -0.39 is 0 Å². The van der Waals surface area contributed by atoms with Crippen molar-refractivity contribution in [1.29, 1.82) is 0 Å². The highest BCUT2D eigenvalue weighted by atomic mass is 19.1. The minimum Gasteiger partial charge on any atom is -0.383 e. The van der Waals surface area contributed by atoms with Crippen molar-refractivity contribution in [2.45, 2.75) is 6.54 Å². The van der Waals surface area contributed by atoms with Gasteiger partial charge < -0.3 is 11.1 Å². The highest BCUT2D eigenvalue weighted by molar-refractivity contribution is 5.98. The fraction of sp³-hybridized carbons (Fsp3) is 0.111. The number of halogens is 1. The van der Waals surface area contributed by atoms with Crippen LogP contribution in [0.5, 0.6) is 0 Å². The van der Waals surface area contributed by atoms with Crippen LogP contribution >= 0.6 is 0 Å². The van der Waals surface area contributed by atoms with Gasteiger partial charge in [-0.1, -0.05) is 18.2 Å². The van der Waals surface area contributed by atoms with Gasteiger partial charge in [0.15, 0.2) is 5.65 Å². The van der Waals surface area contributed by atoms with Crippen LogP contribution in [0.1, 0.15) is 5.69 Å². The fourth-order valence-electron chi connectivity index (χ4n) is 2.71. The summed E-state index contributed by atoms with van der Waals surface area (Å²) in [4.78, 5) is 13.2. The molecule has 0 spiro atoms. The molecule has 1 aromatic carbocycles. The van der Waals surface area contributed by atoms with Crippen molar-refractivity contribution in [3.8, 4) is 11.3 Å². The number of benzene rings is 1. The van der Waals surface area contributed by atoms with E-state index in [-0.39, 0.29) is 5.82 Å². The van der Waals surface area contributed by atoms with Crippen molar-refractivity contribution in [2.24, 2.45) is 7.05 Å². The Balaban J connectivity index is 1.82. The van der Waals surface area contributed by atoms with Crippen molar-refractivity contribution < 1.29 is 4.39 Å². The minimum atomic E-state index is -0.383. The van der Waals surface area contributed by atoms with Gasteiger partial charge in [0.25, 0.3) is 0 Å². The first-order valence-electron chi connectivity index (χ1n) is 8.02. The van der Waals surface area contributed by atoms with Gasteiger partial charge in [0, 0.05) is 18.8 Å². The molecule has 0 bridgehead atoms. The first-order chi connectivity index (χ1) is 12.6. The Morgan fingerprint density at radius 3 is 2.69 bits per heavy atom. The van der Waals surface area contributed by atoms with Crippen LogP contribution in [-0.2, 0) is 13.6 Å². The molecule has 0 aliphatic rings. The molecule has 4 rings (SSSR count). The van der Waals surface area contributed by atoms with Gasteiger partial charge in [0.05, 0.1) is 23.3 Å². The van der Waals surface area contributed by atoms with E-state index in [0.717, 1.165) is 5.69 Å². The number of anilines is 2. The van der Waals surface area contributed by atoms with Crippen molar-refractivity contribution in [3.63, 3.8) is 0 Å². The van der Waals surface area contributed by atoms with E-state index in [1.807, 2.05) is 18.2 Å². The summed E-state index contributed by atoms with van der Waals surface area (Å²) in [7, 11) is 1.71. The molecule has 8 heteroatoms. The number of nitrogens with zero attached hydrogens (tertiary/aromatic N) is 5. The number of aromatic nitrogens is 5. The molecular formula is C18H16FN7. The Labute approximate surface area is 148 Å². The lowest BCUT2D eigenvalue weighted by Gasteiger charge is -2.09. The van der Waals surface area contributed by atoms with E-state index in [1.54, 1.807) is 31.4 Å². The van der Waals surface area contributed by atoms with Gasteiger partial charge >= 0.3 is 0 Å². The zero-order chi connectivity index (χ0) is 18.1. The number of rotatable bonds is 4. The number of nitrogens with two attached hydrogens (primary N) is 1. The van der Waals surface area contributed by atoms with E-state index in [4.69, 9.17) is 5.73 Å². The van der Waals surface area contributed by atoms with Crippen LogP contribution in [0.25, 0.3) is 22.3 Å². The second-order valence-electron chi connectivity index (χ2n) is 5.76. The first-order valence-corrected chi connectivity index (χ1v) is 8.02. The lowest BCUT2D eigenvalue weighted by molar-refractivity contribution is 0.631. The van der Waals surface area contributed by atoms with Crippen molar-refractivity contribution >= 4 is 22.8 Å². The normalized spacial score (nSPS) is 11.0. The molecule has 3 heterocycles. The first kappa shape index (κ1) is 15.9. The number of hydrogen-bond donors (Lipinski definition) is 2. The maximum atomic E-state index is 14.4. The smallest absolute Gasteiger partial charge is 0.225 e. The molecule has 0 unspecified atom stereocenters. The molecule has 0 amide bonds. The number of nitrogens with one attached hydrogen (secondary N) is 1. The highest BCUT2D eigenvalue weighted by Gasteiger charge is 2.19. The summed E-state index contributed by atoms with van der Waals surface area (Å²) >= 11 is 0. The summed E-state index contributed by atoms with van der Waals surface area (Å²) in [6.45, 7) is 0.436. The van der Waals surface area contributed by atoms with Crippen LogP contribution in [0.4, 0.5) is 16.2 Å². The third kappa shape index (κ3) is 2.81. The maximum absolute atomic E-state index is 14.4. The standard InChI is InChI=1S/C18H16FN7/c1-26-16(20)14-15(12-7-2-3-8-13(12)19)23-18(24-17(14)25-26)22-10-11-6-4-5-9-21-11/h2-9H,10,20H2,1H3,(H,22,24,25). The van der Waals surface area contributed by atoms with Crippen LogP contribution in [0.2, 0.25) is 0 Å². The average molecular weight is 349 g/mol. The highest BCUT2D eigenvalue weighted by Crippen LogP contribution is 2.32. The minimum absolute atomic E-state index is 0.333. The van der Waals surface area contributed by atoms with E-state index >= 15 is 0 Å². The van der Waals surface area contributed by atoms with Gasteiger partial charge in [-0.05, 0) is 24.3 Å². The van der Waals surface area contributed by atoms with Crippen LogP contribution in [-0.4, -0.2) is 24.7 Å². The molecule has 3 aromatic heterocycles. The second kappa shape index (κ2) is 6.40. The Hall–Kier alpha value is -3.55. The third-order valence-electron chi connectivity index (χ3n) is 4.02. The van der Waals surface area contributed by atoms with E-state index in [2.05, 4.69) is 25.4 Å². The van der Waals surface area contributed by atoms with Crippen LogP contribution in [0.3, 0.4) is 0 Å². The van der Waals surface area contributed by atoms with Crippen molar-refractivity contribution in [3.05, 3.63) is 60.2 Å². The zero-order valence-electron chi connectivity index (χ0n) is 14.0. The van der Waals surface area contributed by atoms with Gasteiger partial charge in [-0.2, -0.15) is 10.1 Å². The quantitative estimate of drug-likeness (QED) is 0.588. The topological polar surface area (TPSA) is 94.5 Å². The lowest BCUT2D eigenvalue weighted by atomic mass is 10.1. The largest absolute Gasteiger partial charge is 0.383 e. The van der Waals surface area contributed by atoms with Gasteiger partial charge in [-0.15, -0.1) is 0 Å². The van der Waals surface area contributed by atoms with Gasteiger partial charge in [0.1, 0.15) is 11.6 Å². The van der Waals surface area contributed by atoms with E-state index in [1.165, 1.54) is 10.7 Å². The summed E-state index contributed by atoms with van der Waals surface area (Å²) in [5.74, 6) is 0.334. The molecule has 130 valence electrons. The number of pyridine rings is 1. The third-order valence-corrected chi connectivity index (χ3v) is 4.02. The molecule has 0 saturated heterocycles. The molecular weight excluding hydrogens is 333 g/mol. The van der Waals surface area contributed by atoms with Crippen LogP contribution < -0.4 is 11.1 Å². The lowest BCUT2D eigenvalue weighted by Crippen LogP contribution is -2.06. The fourth-order valence-corrected chi connectivity index (χ4v) is 2.71. The van der Waals surface area contributed by atoms with Crippen molar-refractivity contribution in [1.82, 2.24) is 24.7 Å². The SMILES string of the molecule is Cn1nc2nc(NCc3ccccn3)nc(-c3ccccc3F)c2c1N. The van der Waals surface area contributed by atoms with Crippen LogP contribution in [0, 0.1) is 5.82 Å². The van der Waals surface area contributed by atoms with Gasteiger partial charge in [0.2, 0.25) is 5.95 Å². The molecule has 0 aliphatic carbocycles. The summed E-state index contributed by atoms with van der Waals surface area (Å²) in [5, 5.41) is 7.95. The Bertz CT molecular complexity index is 1080. The number of hydrogen-bond acceptors (Lipinski definition) is 6. The molecule has 4 aromatic rings. The van der Waals surface area contributed by atoms with Gasteiger partial charge in [-0.3, -0.25) is 9.67 Å². The van der Waals surface area contributed by atoms with E-state index in [0.29, 0.717) is 40.6 Å². The molecule has 3 N–H and O–H groups in total. The number of nitrogen functional groups attached to an aromatic ring is 1. The number of aryl methyl sites for hydroxylation is 1. The maximum Gasteiger partial charge on any atom is 0.225 e. The Morgan fingerprint density at radius 2 is 1.92 bits per heavy atom. The predicted molar refractivity (Wildman–Crippen MR) is 97.7 cm³/mol. The summed E-state index contributed by atoms with van der Waals surface area (Å²) in [6, 6.07) is 12.1. The Kier molecular flexibility index (Phi) is 3.92. The second-order valence-corrected chi connectivity index (χ2v) is 5.76. The summed E-state index contributed by atoms with van der Waals surface area (Å²) in [6.07, 6.45) is 1.71. The molecule has 0 radical (unpaired) electrons. The number of fused-ring (bicyclic) bond motifs is 1. The zero-order valence-corrected chi connectivity index (χ0v) is 14.0. The van der Waals surface area contributed by atoms with Gasteiger partial charge in [-0.25, -0.2) is 9.37 Å². The average Bonchev–Trinajstić information content (AvgIpc) is 2.95. The Morgan fingerprint density at radius 1 is 1.12 bits per heavy atom. The molecule has 0 atom stereocenters. The predicted octanol–water partition coefficient (Wildman–Crippen LogP) is 2.76. The summed E-state index contributed by atoms with van der Waals surface area (Å²) < 4.78 is 15.9. The molecule has 0 aliphatic heterocycles. The van der Waals surface area contributed by atoms with Crippen molar-refractivity contribution in [2.75, 3.05) is 11.1 Å². The van der Waals surface area contributed by atoms with Crippen LogP contribution in [0.15, 0.2) is 48.7 Å². The molecule has 26 heavy (non-hydrogen) atoms.